The first-order chi connectivity index (χ1) is 12.0. The van der Waals surface area contributed by atoms with Gasteiger partial charge in [-0.25, -0.2) is 4.39 Å². The van der Waals surface area contributed by atoms with E-state index in [2.05, 4.69) is 35.5 Å². The number of aliphatic carboxylic acids is 1. The van der Waals surface area contributed by atoms with E-state index in [4.69, 9.17) is 0 Å². The van der Waals surface area contributed by atoms with Crippen LogP contribution < -0.4 is 44.9 Å². The van der Waals surface area contributed by atoms with Gasteiger partial charge in [0.2, 0.25) is 0 Å². The zero-order chi connectivity index (χ0) is 17.8. The van der Waals surface area contributed by atoms with Crippen molar-refractivity contribution < 1.29 is 43.8 Å². The Morgan fingerprint density at radius 1 is 1.27 bits per heavy atom. The summed E-state index contributed by atoms with van der Waals surface area (Å²) in [5.74, 6) is -1.56. The van der Waals surface area contributed by atoms with Crippen molar-refractivity contribution in [3.05, 3.63) is 58.9 Å². The molecular weight excluding hydrogens is 342 g/mol. The van der Waals surface area contributed by atoms with Crippen molar-refractivity contribution in [3.8, 4) is 0 Å². The molecule has 0 bridgehead atoms. The number of rotatable bonds is 6. The average molecular weight is 364 g/mol. The molecule has 4 nitrogen and oxygen atoms in total. The van der Waals surface area contributed by atoms with Crippen LogP contribution in [0.15, 0.2) is 36.4 Å². The van der Waals surface area contributed by atoms with Gasteiger partial charge in [0.15, 0.2) is 0 Å². The molecule has 0 saturated carbocycles. The van der Waals surface area contributed by atoms with Gasteiger partial charge in [0.1, 0.15) is 5.82 Å². The molecule has 0 aromatic heterocycles. The molecular formula is C20H22FN2NaO2. The van der Waals surface area contributed by atoms with Gasteiger partial charge in [-0.3, -0.25) is 0 Å². The molecule has 0 saturated heterocycles. The maximum absolute atomic E-state index is 14.0. The molecule has 6 heteroatoms. The maximum Gasteiger partial charge on any atom is 1.00 e. The maximum atomic E-state index is 14.0. The van der Waals surface area contributed by atoms with Crippen LogP contribution in [0.2, 0.25) is 0 Å². The van der Waals surface area contributed by atoms with Crippen LogP contribution in [0.3, 0.4) is 0 Å². The number of carboxylic acid groups (broad SMARTS) is 1. The smallest absolute Gasteiger partial charge is 0.550 e. The SMILES string of the molecule is CN1CCCc2ccc(CNc3ccc(CCC(=O)[O-])c(F)c3)cc21.[Na+]. The van der Waals surface area contributed by atoms with Gasteiger partial charge in [-0.15, -0.1) is 0 Å². The number of aryl methyl sites for hydroxylation is 2. The molecule has 0 spiro atoms. The number of carbonyl (C=O) groups is 1. The third-order valence-corrected chi connectivity index (χ3v) is 4.65. The molecule has 2 aromatic rings. The van der Waals surface area contributed by atoms with Crippen LogP contribution in [0.25, 0.3) is 0 Å². The third kappa shape index (κ3) is 5.22. The van der Waals surface area contributed by atoms with Gasteiger partial charge in [-0.2, -0.15) is 0 Å². The number of carboxylic acids is 1. The standard InChI is InChI=1S/C20H23FN2O2.Na/c1-23-10-2-3-16-5-4-14(11-19(16)23)13-22-17-8-6-15(18(21)12-17)7-9-20(24)25;/h4-6,8,11-12,22H,2-3,7,9-10,13H2,1H3,(H,24,25);/q;+1/p-1. The van der Waals surface area contributed by atoms with Crippen molar-refractivity contribution in [3.63, 3.8) is 0 Å². The molecule has 0 unspecified atom stereocenters. The van der Waals surface area contributed by atoms with E-state index in [9.17, 15) is 14.3 Å². The second-order valence-electron chi connectivity index (χ2n) is 6.52. The zero-order valence-electron chi connectivity index (χ0n) is 15.3. The molecule has 2 aromatic carbocycles. The van der Waals surface area contributed by atoms with Gasteiger partial charge in [0.25, 0.3) is 0 Å². The van der Waals surface area contributed by atoms with E-state index < -0.39 is 11.8 Å². The summed E-state index contributed by atoms with van der Waals surface area (Å²) in [6.45, 7) is 1.68. The van der Waals surface area contributed by atoms with E-state index in [-0.39, 0.29) is 42.4 Å². The van der Waals surface area contributed by atoms with Gasteiger partial charge in [0, 0.05) is 37.5 Å². The Morgan fingerprint density at radius 2 is 2.08 bits per heavy atom. The molecule has 3 rings (SSSR count). The molecule has 132 valence electrons. The fourth-order valence-electron chi connectivity index (χ4n) is 3.21. The normalized spacial score (nSPS) is 12.9. The van der Waals surface area contributed by atoms with Crippen molar-refractivity contribution in [1.29, 1.82) is 0 Å². The first kappa shape index (κ1) is 20.7. The number of carbonyl (C=O) groups excluding carboxylic acids is 1. The van der Waals surface area contributed by atoms with Crippen LogP contribution in [0.5, 0.6) is 0 Å². The summed E-state index contributed by atoms with van der Waals surface area (Å²) in [5, 5.41) is 13.7. The van der Waals surface area contributed by atoms with Crippen LogP contribution in [-0.4, -0.2) is 19.6 Å². The summed E-state index contributed by atoms with van der Waals surface area (Å²) < 4.78 is 14.0. The average Bonchev–Trinajstić information content (AvgIpc) is 2.59. The van der Waals surface area contributed by atoms with Crippen LogP contribution in [0, 0.1) is 5.82 Å². The van der Waals surface area contributed by atoms with Crippen LogP contribution in [0.1, 0.15) is 29.5 Å². The molecule has 0 amide bonds. The predicted molar refractivity (Wildman–Crippen MR) is 95.1 cm³/mol. The van der Waals surface area contributed by atoms with E-state index >= 15 is 0 Å². The van der Waals surface area contributed by atoms with Gasteiger partial charge < -0.3 is 20.1 Å². The van der Waals surface area contributed by atoms with Crippen molar-refractivity contribution >= 4 is 17.3 Å². The molecule has 0 atom stereocenters. The number of hydrogen-bond acceptors (Lipinski definition) is 4. The summed E-state index contributed by atoms with van der Waals surface area (Å²) in [6.07, 6.45) is 2.27. The summed E-state index contributed by atoms with van der Waals surface area (Å²) in [7, 11) is 2.11. The quantitative estimate of drug-likeness (QED) is 0.703. The number of halogens is 1. The number of fused-ring (bicyclic) bond motifs is 1. The number of anilines is 2. The topological polar surface area (TPSA) is 55.4 Å². The first-order valence-corrected chi connectivity index (χ1v) is 8.58. The summed E-state index contributed by atoms with van der Waals surface area (Å²) in [6, 6.07) is 11.3. The number of benzene rings is 2. The van der Waals surface area contributed by atoms with Gasteiger partial charge >= 0.3 is 29.6 Å². The van der Waals surface area contributed by atoms with Crippen molar-refractivity contribution in [2.24, 2.45) is 0 Å². The molecule has 1 N–H and O–H groups in total. The molecule has 1 aliphatic rings. The van der Waals surface area contributed by atoms with E-state index in [1.54, 1.807) is 12.1 Å². The van der Waals surface area contributed by atoms with Crippen molar-refractivity contribution in [1.82, 2.24) is 0 Å². The van der Waals surface area contributed by atoms with E-state index in [0.717, 1.165) is 18.5 Å². The van der Waals surface area contributed by atoms with Crippen LogP contribution >= 0.6 is 0 Å². The van der Waals surface area contributed by atoms with Gasteiger partial charge in [-0.1, -0.05) is 18.2 Å². The Balaban J connectivity index is 0.00000243. The second kappa shape index (κ2) is 9.40. The summed E-state index contributed by atoms with van der Waals surface area (Å²) in [4.78, 5) is 12.8. The van der Waals surface area contributed by atoms with E-state index in [1.165, 1.54) is 23.7 Å². The number of hydrogen-bond donors (Lipinski definition) is 1. The summed E-state index contributed by atoms with van der Waals surface area (Å²) >= 11 is 0. The van der Waals surface area contributed by atoms with Crippen molar-refractivity contribution in [2.75, 3.05) is 23.8 Å². The van der Waals surface area contributed by atoms with Crippen LogP contribution in [0.4, 0.5) is 15.8 Å². The predicted octanol–water partition coefficient (Wildman–Crippen LogP) is -0.493. The Hall–Kier alpha value is -1.56. The fraction of sp³-hybridized carbons (Fsp3) is 0.350. The minimum Gasteiger partial charge on any atom is -0.550 e. The van der Waals surface area contributed by atoms with Crippen molar-refractivity contribution in [2.45, 2.75) is 32.2 Å². The fourth-order valence-corrected chi connectivity index (χ4v) is 3.21. The molecule has 1 aliphatic heterocycles. The first-order valence-electron chi connectivity index (χ1n) is 8.58. The van der Waals surface area contributed by atoms with E-state index in [1.807, 2.05) is 0 Å². The molecule has 1 heterocycles. The molecule has 26 heavy (non-hydrogen) atoms. The van der Waals surface area contributed by atoms with E-state index in [0.29, 0.717) is 17.8 Å². The number of nitrogens with zero attached hydrogens (tertiary/aromatic N) is 1. The molecule has 0 aliphatic carbocycles. The Bertz CT molecular complexity index is 782. The van der Waals surface area contributed by atoms with Crippen LogP contribution in [-0.2, 0) is 24.2 Å². The minimum absolute atomic E-state index is 0. The molecule has 0 radical (unpaired) electrons. The third-order valence-electron chi connectivity index (χ3n) is 4.65. The summed E-state index contributed by atoms with van der Waals surface area (Å²) in [5.41, 5.74) is 4.87. The molecule has 0 fully saturated rings. The second-order valence-corrected chi connectivity index (χ2v) is 6.52. The van der Waals surface area contributed by atoms with Gasteiger partial charge in [-0.05, 0) is 60.6 Å². The number of nitrogens with one attached hydrogen (secondary N) is 1. The Kier molecular flexibility index (Phi) is 7.50. The minimum atomic E-state index is -1.17. The monoisotopic (exact) mass is 364 g/mol. The Morgan fingerprint density at radius 3 is 2.81 bits per heavy atom. The zero-order valence-corrected chi connectivity index (χ0v) is 17.3. The Labute approximate surface area is 175 Å². The largest absolute Gasteiger partial charge is 1.00 e. The van der Waals surface area contributed by atoms with Gasteiger partial charge in [0.05, 0.1) is 0 Å².